The van der Waals surface area contributed by atoms with Gasteiger partial charge in [0.2, 0.25) is 0 Å². The zero-order chi connectivity index (χ0) is 15.2. The number of nitrogens with one attached hydrogen (secondary N) is 1. The van der Waals surface area contributed by atoms with Crippen molar-refractivity contribution in [1.29, 1.82) is 0 Å². The van der Waals surface area contributed by atoms with Crippen LogP contribution in [0.5, 0.6) is 0 Å². The molecule has 5 heteroatoms. The zero-order valence-electron chi connectivity index (χ0n) is 12.4. The fourth-order valence-electron chi connectivity index (χ4n) is 2.52. The van der Waals surface area contributed by atoms with E-state index in [4.69, 9.17) is 0 Å². The summed E-state index contributed by atoms with van der Waals surface area (Å²) in [5, 5.41) is 8.07. The lowest BCUT2D eigenvalue weighted by Crippen LogP contribution is -2.26. The molecular formula is C16H21Br2N3. The van der Waals surface area contributed by atoms with Crippen molar-refractivity contribution >= 4 is 31.9 Å². The Hall–Kier alpha value is -0.650. The smallest absolute Gasteiger partial charge is 0.0699 e. The molecule has 2 rings (SSSR count). The molecule has 1 N–H and O–H groups in total. The van der Waals surface area contributed by atoms with Gasteiger partial charge in [0.1, 0.15) is 0 Å². The number of hydrogen-bond donors (Lipinski definition) is 1. The largest absolute Gasteiger partial charge is 0.309 e. The normalized spacial score (nSPS) is 12.6. The van der Waals surface area contributed by atoms with Crippen molar-refractivity contribution in [1.82, 2.24) is 15.1 Å². The maximum atomic E-state index is 4.49. The molecule has 1 unspecified atom stereocenters. The Labute approximate surface area is 143 Å². The average Bonchev–Trinajstić information content (AvgIpc) is 2.80. The first kappa shape index (κ1) is 16.7. The molecule has 0 amide bonds. The predicted octanol–water partition coefficient (Wildman–Crippen LogP) is 4.71. The summed E-state index contributed by atoms with van der Waals surface area (Å²) in [6.45, 7) is 6.20. The van der Waals surface area contributed by atoms with Crippen LogP contribution in [0.4, 0.5) is 0 Å². The monoisotopic (exact) mass is 413 g/mol. The molecule has 114 valence electrons. The van der Waals surface area contributed by atoms with Crippen molar-refractivity contribution in [3.8, 4) is 0 Å². The predicted molar refractivity (Wildman–Crippen MR) is 94.5 cm³/mol. The number of rotatable bonds is 7. The Kier molecular flexibility index (Phi) is 6.45. The third-order valence-corrected chi connectivity index (χ3v) is 4.48. The molecule has 0 radical (unpaired) electrons. The number of aryl methyl sites for hydroxylation is 1. The molecule has 1 atom stereocenters. The highest BCUT2D eigenvalue weighted by Gasteiger charge is 2.19. The molecule has 0 bridgehead atoms. The van der Waals surface area contributed by atoms with Crippen molar-refractivity contribution in [2.75, 3.05) is 6.54 Å². The first-order valence-electron chi connectivity index (χ1n) is 7.34. The molecule has 1 heterocycles. The first-order chi connectivity index (χ1) is 10.2. The third kappa shape index (κ3) is 4.41. The highest BCUT2D eigenvalue weighted by Crippen LogP contribution is 2.27. The summed E-state index contributed by atoms with van der Waals surface area (Å²) in [4.78, 5) is 0. The van der Waals surface area contributed by atoms with Crippen molar-refractivity contribution in [2.24, 2.45) is 0 Å². The van der Waals surface area contributed by atoms with E-state index >= 15 is 0 Å². The summed E-state index contributed by atoms with van der Waals surface area (Å²) in [5.74, 6) is 0. The highest BCUT2D eigenvalue weighted by molar-refractivity contribution is 9.10. The molecule has 0 spiro atoms. The van der Waals surface area contributed by atoms with Gasteiger partial charge in [0.25, 0.3) is 0 Å². The second-order valence-corrected chi connectivity index (χ2v) is 6.82. The van der Waals surface area contributed by atoms with Crippen molar-refractivity contribution in [3.05, 3.63) is 50.7 Å². The number of aromatic nitrogens is 2. The van der Waals surface area contributed by atoms with Crippen LogP contribution >= 0.6 is 31.9 Å². The van der Waals surface area contributed by atoms with Crippen LogP contribution in [0.2, 0.25) is 0 Å². The molecule has 21 heavy (non-hydrogen) atoms. The Morgan fingerprint density at radius 1 is 1.29 bits per heavy atom. The van der Waals surface area contributed by atoms with E-state index in [1.165, 1.54) is 11.3 Å². The fraction of sp³-hybridized carbons (Fsp3) is 0.438. The summed E-state index contributed by atoms with van der Waals surface area (Å²) < 4.78 is 4.31. The Balaban J connectivity index is 2.28. The maximum Gasteiger partial charge on any atom is 0.0699 e. The van der Waals surface area contributed by atoms with Crippen LogP contribution in [-0.2, 0) is 13.0 Å². The summed E-state index contributed by atoms with van der Waals surface area (Å²) in [6.07, 6.45) is 3.92. The van der Waals surface area contributed by atoms with E-state index < -0.39 is 0 Å². The van der Waals surface area contributed by atoms with Gasteiger partial charge in [-0.25, -0.2) is 0 Å². The number of likely N-dealkylation sites (N-methyl/N-ethyl adjacent to an activating group) is 1. The van der Waals surface area contributed by atoms with Crippen LogP contribution in [0.15, 0.2) is 39.4 Å². The van der Waals surface area contributed by atoms with E-state index in [9.17, 15) is 0 Å². The SMILES string of the molecule is CCCn1ncc(Br)c1C(Cc1cccc(Br)c1)NCC. The topological polar surface area (TPSA) is 29.9 Å². The lowest BCUT2D eigenvalue weighted by molar-refractivity contribution is 0.476. The van der Waals surface area contributed by atoms with Crippen molar-refractivity contribution in [3.63, 3.8) is 0 Å². The van der Waals surface area contributed by atoms with Crippen molar-refractivity contribution in [2.45, 2.75) is 39.3 Å². The molecule has 0 saturated heterocycles. The summed E-state index contributed by atoms with van der Waals surface area (Å²) in [7, 11) is 0. The van der Waals surface area contributed by atoms with Crippen LogP contribution in [0, 0.1) is 0 Å². The quantitative estimate of drug-likeness (QED) is 0.710. The van der Waals surface area contributed by atoms with Gasteiger partial charge in [-0.2, -0.15) is 5.10 Å². The lowest BCUT2D eigenvalue weighted by atomic mass is 10.0. The van der Waals surface area contributed by atoms with E-state index in [-0.39, 0.29) is 6.04 Å². The van der Waals surface area contributed by atoms with Crippen molar-refractivity contribution < 1.29 is 0 Å². The van der Waals surface area contributed by atoms with Crippen LogP contribution in [-0.4, -0.2) is 16.3 Å². The van der Waals surface area contributed by atoms with Gasteiger partial charge < -0.3 is 5.32 Å². The van der Waals surface area contributed by atoms with E-state index in [0.29, 0.717) is 0 Å². The summed E-state index contributed by atoms with van der Waals surface area (Å²) in [6, 6.07) is 8.75. The fourth-order valence-corrected chi connectivity index (χ4v) is 3.54. The third-order valence-electron chi connectivity index (χ3n) is 3.38. The van der Waals surface area contributed by atoms with E-state index in [1.54, 1.807) is 0 Å². The maximum absolute atomic E-state index is 4.49. The Bertz CT molecular complexity index is 581. The van der Waals surface area contributed by atoms with Gasteiger partial charge in [0.15, 0.2) is 0 Å². The number of hydrogen-bond acceptors (Lipinski definition) is 2. The highest BCUT2D eigenvalue weighted by atomic mass is 79.9. The standard InChI is InChI=1S/C16H21Br2N3/c1-3-8-21-16(14(18)11-20-21)15(19-4-2)10-12-6-5-7-13(17)9-12/h5-7,9,11,15,19H,3-4,8,10H2,1-2H3. The molecule has 0 saturated carbocycles. The van der Waals surface area contributed by atoms with Gasteiger partial charge in [-0.1, -0.05) is 41.9 Å². The Morgan fingerprint density at radius 3 is 2.76 bits per heavy atom. The molecule has 1 aromatic heterocycles. The number of benzene rings is 1. The second-order valence-electron chi connectivity index (χ2n) is 5.05. The van der Waals surface area contributed by atoms with Crippen LogP contribution in [0.3, 0.4) is 0 Å². The molecule has 3 nitrogen and oxygen atoms in total. The van der Waals surface area contributed by atoms with Gasteiger partial charge in [-0.3, -0.25) is 4.68 Å². The molecule has 0 fully saturated rings. The van der Waals surface area contributed by atoms with E-state index in [0.717, 1.165) is 34.9 Å². The molecule has 1 aromatic carbocycles. The minimum atomic E-state index is 0.257. The molecule has 0 aliphatic carbocycles. The number of halogens is 2. The summed E-state index contributed by atoms with van der Waals surface area (Å²) >= 11 is 7.20. The minimum absolute atomic E-state index is 0.257. The van der Waals surface area contributed by atoms with Gasteiger partial charge in [0, 0.05) is 11.0 Å². The van der Waals surface area contributed by atoms with Gasteiger partial charge in [0.05, 0.1) is 22.4 Å². The van der Waals surface area contributed by atoms with E-state index in [2.05, 4.69) is 85.1 Å². The first-order valence-corrected chi connectivity index (χ1v) is 8.93. The number of nitrogens with zero attached hydrogens (tertiary/aromatic N) is 2. The van der Waals surface area contributed by atoms with Crippen LogP contribution < -0.4 is 5.32 Å². The van der Waals surface area contributed by atoms with Gasteiger partial charge in [-0.05, 0) is 53.0 Å². The molecule has 0 aliphatic heterocycles. The zero-order valence-corrected chi connectivity index (χ0v) is 15.6. The summed E-state index contributed by atoms with van der Waals surface area (Å²) in [5.41, 5.74) is 2.55. The molecular weight excluding hydrogens is 394 g/mol. The Morgan fingerprint density at radius 2 is 2.10 bits per heavy atom. The van der Waals surface area contributed by atoms with Crippen LogP contribution in [0.1, 0.15) is 37.6 Å². The van der Waals surface area contributed by atoms with Gasteiger partial charge in [-0.15, -0.1) is 0 Å². The average molecular weight is 415 g/mol. The lowest BCUT2D eigenvalue weighted by Gasteiger charge is -2.20. The minimum Gasteiger partial charge on any atom is -0.309 e. The van der Waals surface area contributed by atoms with Crippen LogP contribution in [0.25, 0.3) is 0 Å². The van der Waals surface area contributed by atoms with E-state index in [1.807, 2.05) is 6.20 Å². The van der Waals surface area contributed by atoms with Gasteiger partial charge >= 0.3 is 0 Å². The molecule has 2 aromatic rings. The second kappa shape index (κ2) is 8.11. The molecule has 0 aliphatic rings.